The van der Waals surface area contributed by atoms with Gasteiger partial charge in [0.1, 0.15) is 5.75 Å². The molecule has 0 aliphatic carbocycles. The molecule has 2 heterocycles. The highest BCUT2D eigenvalue weighted by Gasteiger charge is 2.06. The molecule has 0 bridgehead atoms. The molecule has 0 aliphatic rings. The number of hydrogen-bond acceptors (Lipinski definition) is 3. The molecule has 0 atom stereocenters. The average molecular weight is 254 g/mol. The first-order valence-corrected chi connectivity index (χ1v) is 5.95. The van der Waals surface area contributed by atoms with Crippen molar-refractivity contribution in [2.45, 2.75) is 0 Å². The Morgan fingerprint density at radius 3 is 2.47 bits per heavy atom. The van der Waals surface area contributed by atoms with Gasteiger partial charge in [0, 0.05) is 25.0 Å². The minimum atomic E-state index is 0.836. The van der Waals surface area contributed by atoms with E-state index in [1.165, 1.54) is 0 Å². The van der Waals surface area contributed by atoms with Crippen molar-refractivity contribution < 1.29 is 4.74 Å². The third-order valence-corrected chi connectivity index (χ3v) is 3.04. The molecular formula is C14H14N4O. The van der Waals surface area contributed by atoms with Crippen LogP contribution in [0.2, 0.25) is 0 Å². The molecular weight excluding hydrogens is 240 g/mol. The summed E-state index contributed by atoms with van der Waals surface area (Å²) in [6.45, 7) is 0. The van der Waals surface area contributed by atoms with Crippen LogP contribution in [0.25, 0.3) is 16.9 Å². The molecule has 3 aromatic rings. The predicted molar refractivity (Wildman–Crippen MR) is 72.3 cm³/mol. The maximum Gasteiger partial charge on any atom is 0.119 e. The normalized spacial score (nSPS) is 10.6. The topological polar surface area (TPSA) is 44.9 Å². The van der Waals surface area contributed by atoms with Gasteiger partial charge in [0.2, 0.25) is 0 Å². The minimum Gasteiger partial charge on any atom is -0.497 e. The van der Waals surface area contributed by atoms with Gasteiger partial charge in [-0.1, -0.05) is 0 Å². The largest absolute Gasteiger partial charge is 0.497 e. The maximum absolute atomic E-state index is 5.14. The molecule has 3 rings (SSSR count). The fourth-order valence-corrected chi connectivity index (χ4v) is 1.99. The van der Waals surface area contributed by atoms with Gasteiger partial charge in [0.15, 0.2) is 0 Å². The molecule has 5 heteroatoms. The van der Waals surface area contributed by atoms with Crippen molar-refractivity contribution in [3.8, 4) is 22.7 Å². The SMILES string of the molecule is COc1ccc(-n2cc(-c3ccnn3C)cn2)cc1. The van der Waals surface area contributed by atoms with Crippen LogP contribution in [0, 0.1) is 0 Å². The molecule has 0 saturated heterocycles. The second-order valence-electron chi connectivity index (χ2n) is 4.21. The summed E-state index contributed by atoms with van der Waals surface area (Å²) in [5.41, 5.74) is 3.07. The number of nitrogens with zero attached hydrogens (tertiary/aromatic N) is 4. The zero-order valence-corrected chi connectivity index (χ0v) is 10.8. The third kappa shape index (κ3) is 2.10. The standard InChI is InChI=1S/C14H14N4O/c1-17-14(7-8-15-17)11-9-16-18(10-11)12-3-5-13(19-2)6-4-12/h3-10H,1-2H3. The molecule has 96 valence electrons. The predicted octanol–water partition coefficient (Wildman–Crippen LogP) is 2.28. The lowest BCUT2D eigenvalue weighted by Gasteiger charge is -2.03. The van der Waals surface area contributed by atoms with E-state index >= 15 is 0 Å². The second kappa shape index (κ2) is 4.61. The van der Waals surface area contributed by atoms with E-state index in [2.05, 4.69) is 10.2 Å². The summed E-state index contributed by atoms with van der Waals surface area (Å²) in [7, 11) is 3.57. The first-order valence-electron chi connectivity index (χ1n) is 5.95. The highest BCUT2D eigenvalue weighted by Crippen LogP contribution is 2.20. The van der Waals surface area contributed by atoms with Gasteiger partial charge in [-0.3, -0.25) is 4.68 Å². The number of hydrogen-bond donors (Lipinski definition) is 0. The van der Waals surface area contributed by atoms with E-state index in [0.717, 1.165) is 22.7 Å². The van der Waals surface area contributed by atoms with Crippen molar-refractivity contribution in [3.63, 3.8) is 0 Å². The molecule has 1 aromatic carbocycles. The summed E-state index contributed by atoms with van der Waals surface area (Å²) in [4.78, 5) is 0. The van der Waals surface area contributed by atoms with Crippen molar-refractivity contribution in [1.82, 2.24) is 19.6 Å². The molecule has 19 heavy (non-hydrogen) atoms. The molecule has 2 aromatic heterocycles. The fraction of sp³-hybridized carbons (Fsp3) is 0.143. The Morgan fingerprint density at radius 2 is 1.84 bits per heavy atom. The fourth-order valence-electron chi connectivity index (χ4n) is 1.99. The molecule has 0 radical (unpaired) electrons. The maximum atomic E-state index is 5.14. The second-order valence-corrected chi connectivity index (χ2v) is 4.21. The summed E-state index contributed by atoms with van der Waals surface area (Å²) >= 11 is 0. The monoisotopic (exact) mass is 254 g/mol. The minimum absolute atomic E-state index is 0.836. The molecule has 0 unspecified atom stereocenters. The van der Waals surface area contributed by atoms with Crippen LogP contribution in [0.1, 0.15) is 0 Å². The van der Waals surface area contributed by atoms with Crippen molar-refractivity contribution >= 4 is 0 Å². The molecule has 0 N–H and O–H groups in total. The van der Waals surface area contributed by atoms with E-state index in [0.29, 0.717) is 0 Å². The van der Waals surface area contributed by atoms with Gasteiger partial charge in [-0.25, -0.2) is 4.68 Å². The van der Waals surface area contributed by atoms with E-state index in [1.807, 2.05) is 59.1 Å². The molecule has 0 spiro atoms. The van der Waals surface area contributed by atoms with Gasteiger partial charge in [-0.15, -0.1) is 0 Å². The first kappa shape index (κ1) is 11.5. The van der Waals surface area contributed by atoms with Crippen LogP contribution >= 0.6 is 0 Å². The van der Waals surface area contributed by atoms with Crippen LogP contribution in [0.5, 0.6) is 5.75 Å². The number of ether oxygens (including phenoxy) is 1. The Morgan fingerprint density at radius 1 is 1.05 bits per heavy atom. The van der Waals surface area contributed by atoms with E-state index in [9.17, 15) is 0 Å². The molecule has 0 amide bonds. The number of rotatable bonds is 3. The lowest BCUT2D eigenvalue weighted by Crippen LogP contribution is -1.94. The van der Waals surface area contributed by atoms with Crippen LogP contribution in [0.15, 0.2) is 48.9 Å². The number of aryl methyl sites for hydroxylation is 1. The van der Waals surface area contributed by atoms with Gasteiger partial charge >= 0.3 is 0 Å². The van der Waals surface area contributed by atoms with Crippen molar-refractivity contribution in [1.29, 1.82) is 0 Å². The number of benzene rings is 1. The first-order chi connectivity index (χ1) is 9.28. The van der Waals surface area contributed by atoms with Gasteiger partial charge in [0.25, 0.3) is 0 Å². The van der Waals surface area contributed by atoms with Crippen LogP contribution in [-0.2, 0) is 7.05 Å². The van der Waals surface area contributed by atoms with Crippen molar-refractivity contribution in [2.24, 2.45) is 7.05 Å². The Hall–Kier alpha value is -2.56. The zero-order valence-electron chi connectivity index (χ0n) is 10.8. The smallest absolute Gasteiger partial charge is 0.119 e. The Kier molecular flexibility index (Phi) is 2.79. The Bertz CT molecular complexity index is 682. The Labute approximate surface area is 111 Å². The summed E-state index contributed by atoms with van der Waals surface area (Å²) in [5, 5.41) is 8.53. The van der Waals surface area contributed by atoms with Crippen molar-refractivity contribution in [3.05, 3.63) is 48.9 Å². The van der Waals surface area contributed by atoms with Crippen LogP contribution in [0.4, 0.5) is 0 Å². The van der Waals surface area contributed by atoms with E-state index in [1.54, 1.807) is 13.3 Å². The van der Waals surface area contributed by atoms with E-state index < -0.39 is 0 Å². The summed E-state index contributed by atoms with van der Waals surface area (Å²) in [6.07, 6.45) is 5.60. The van der Waals surface area contributed by atoms with Crippen LogP contribution < -0.4 is 4.74 Å². The van der Waals surface area contributed by atoms with Gasteiger partial charge in [0.05, 0.1) is 24.7 Å². The molecule has 0 fully saturated rings. The summed E-state index contributed by atoms with van der Waals surface area (Å²) < 4.78 is 8.81. The Balaban J connectivity index is 1.94. The summed E-state index contributed by atoms with van der Waals surface area (Å²) in [6, 6.07) is 9.74. The van der Waals surface area contributed by atoms with Crippen LogP contribution in [-0.4, -0.2) is 26.7 Å². The van der Waals surface area contributed by atoms with Crippen molar-refractivity contribution in [2.75, 3.05) is 7.11 Å². The lowest BCUT2D eigenvalue weighted by molar-refractivity contribution is 0.414. The van der Waals surface area contributed by atoms with Gasteiger partial charge < -0.3 is 4.74 Å². The van der Waals surface area contributed by atoms with E-state index in [4.69, 9.17) is 4.74 Å². The third-order valence-electron chi connectivity index (χ3n) is 3.04. The highest BCUT2D eigenvalue weighted by atomic mass is 16.5. The number of aromatic nitrogens is 4. The lowest BCUT2D eigenvalue weighted by atomic mass is 10.2. The van der Waals surface area contributed by atoms with Gasteiger partial charge in [-0.2, -0.15) is 10.2 Å². The molecule has 0 saturated carbocycles. The molecule has 0 aliphatic heterocycles. The number of methoxy groups -OCH3 is 1. The van der Waals surface area contributed by atoms with Crippen LogP contribution in [0.3, 0.4) is 0 Å². The highest BCUT2D eigenvalue weighted by molar-refractivity contribution is 5.57. The average Bonchev–Trinajstić information content (AvgIpc) is 3.07. The summed E-state index contributed by atoms with van der Waals surface area (Å²) in [5.74, 6) is 0.836. The van der Waals surface area contributed by atoms with Gasteiger partial charge in [-0.05, 0) is 30.3 Å². The van der Waals surface area contributed by atoms with E-state index in [-0.39, 0.29) is 0 Å². The molecule has 5 nitrogen and oxygen atoms in total. The zero-order chi connectivity index (χ0) is 13.2. The quantitative estimate of drug-likeness (QED) is 0.720.